The highest BCUT2D eigenvalue weighted by atomic mass is 16.5. The summed E-state index contributed by atoms with van der Waals surface area (Å²) in [5.74, 6) is 1.54. The second-order valence-corrected chi connectivity index (χ2v) is 15.3. The lowest BCUT2D eigenvalue weighted by atomic mass is 9.64. The van der Waals surface area contributed by atoms with Gasteiger partial charge in [-0.2, -0.15) is 0 Å². The molecule has 2 bridgehead atoms. The second kappa shape index (κ2) is 17.1. The van der Waals surface area contributed by atoms with Crippen molar-refractivity contribution in [2.45, 2.75) is 83.0 Å². The number of aliphatic hydroxyl groups is 2. The molecule has 4 aromatic rings. The maximum atomic E-state index is 14.5. The van der Waals surface area contributed by atoms with Crippen molar-refractivity contribution < 1.29 is 34.0 Å². The van der Waals surface area contributed by atoms with Gasteiger partial charge in [0.15, 0.2) is 5.78 Å². The van der Waals surface area contributed by atoms with Gasteiger partial charge in [0.1, 0.15) is 17.2 Å². The predicted molar refractivity (Wildman–Crippen MR) is 215 cm³/mol. The Morgan fingerprint density at radius 2 is 1.60 bits per heavy atom. The van der Waals surface area contributed by atoms with E-state index in [1.54, 1.807) is 56.6 Å². The van der Waals surface area contributed by atoms with Gasteiger partial charge in [-0.25, -0.2) is 4.79 Å². The van der Waals surface area contributed by atoms with Crippen LogP contribution in [0.3, 0.4) is 0 Å². The number of nitrogens with one attached hydrogen (secondary N) is 1. The number of ketones is 1. The topological polar surface area (TPSA) is 118 Å². The lowest BCUT2D eigenvalue weighted by Gasteiger charge is -2.46. The Kier molecular flexibility index (Phi) is 12.3. The zero-order valence-corrected chi connectivity index (χ0v) is 32.6. The van der Waals surface area contributed by atoms with E-state index < -0.39 is 17.1 Å². The lowest BCUT2D eigenvalue weighted by molar-refractivity contribution is -0.0773. The predicted octanol–water partition coefficient (Wildman–Crippen LogP) is 8.72. The van der Waals surface area contributed by atoms with Gasteiger partial charge in [-0.3, -0.25) is 4.79 Å². The Balaban J connectivity index is 1.43. The van der Waals surface area contributed by atoms with E-state index in [1.807, 2.05) is 60.7 Å². The van der Waals surface area contributed by atoms with Crippen LogP contribution in [0.25, 0.3) is 0 Å². The van der Waals surface area contributed by atoms with Gasteiger partial charge in [-0.15, -0.1) is 0 Å². The quantitative estimate of drug-likeness (QED) is 0.110. The standard InChI is InChI=1S/C46H54N2O7/c1-31-10-9-24-45(2)41(39-22-14-32(26-36(49)18-13-31)27-40(39)43(50)33-15-19-37(53-3)20-16-33)23-25-46(45,52)30-48(44(51)47-35-11-7-6-8-12-35)29-34-17-21-38(54-4)28-42(34)55-5/h6-8,10-12,14-17,19-22,27-28,36,41,49,52H,9,13,18,23-26,29-30H2,1-5H3,(H,47,51). The van der Waals surface area contributed by atoms with Crippen LogP contribution in [0.4, 0.5) is 10.5 Å². The maximum absolute atomic E-state index is 14.5. The van der Waals surface area contributed by atoms with Crippen LogP contribution in [-0.2, 0) is 13.0 Å². The number of para-hydroxylation sites is 1. The monoisotopic (exact) mass is 746 g/mol. The molecule has 3 N–H and O–H groups in total. The molecular weight excluding hydrogens is 693 g/mol. The summed E-state index contributed by atoms with van der Waals surface area (Å²) in [6.07, 6.45) is 5.80. The van der Waals surface area contributed by atoms with Crippen molar-refractivity contribution in [3.05, 3.63) is 130 Å². The molecule has 1 fully saturated rings. The molecule has 0 saturated heterocycles. The van der Waals surface area contributed by atoms with Crippen molar-refractivity contribution in [2.24, 2.45) is 5.41 Å². The summed E-state index contributed by atoms with van der Waals surface area (Å²) in [6.45, 7) is 4.44. The number of allylic oxidation sites excluding steroid dienone is 2. The number of aliphatic hydroxyl groups excluding tert-OH is 1. The molecule has 7 rings (SSSR count). The number of amides is 2. The fraction of sp³-hybridized carbons (Fsp3) is 0.391. The lowest BCUT2D eigenvalue weighted by Crippen LogP contribution is -2.54. The molecule has 0 radical (unpaired) electrons. The minimum absolute atomic E-state index is 0.0442. The number of hydrogen-bond donors (Lipinski definition) is 3. The Morgan fingerprint density at radius 3 is 2.31 bits per heavy atom. The van der Waals surface area contributed by atoms with Crippen molar-refractivity contribution in [3.63, 3.8) is 0 Å². The Labute approximate surface area is 324 Å². The number of nitrogens with zero attached hydrogens (tertiary/aromatic N) is 1. The molecule has 0 spiro atoms. The van der Waals surface area contributed by atoms with Gasteiger partial charge in [0, 0.05) is 33.9 Å². The van der Waals surface area contributed by atoms with E-state index >= 15 is 0 Å². The third-order valence-electron chi connectivity index (χ3n) is 11.9. The molecule has 1 saturated carbocycles. The highest BCUT2D eigenvalue weighted by molar-refractivity contribution is 6.10. The molecule has 9 nitrogen and oxygen atoms in total. The van der Waals surface area contributed by atoms with Crippen LogP contribution in [0.2, 0.25) is 0 Å². The summed E-state index contributed by atoms with van der Waals surface area (Å²) >= 11 is 0. The Bertz CT molecular complexity index is 2000. The number of carbonyl (C=O) groups excluding carboxylic acids is 2. The van der Waals surface area contributed by atoms with E-state index in [9.17, 15) is 19.8 Å². The number of urea groups is 1. The molecule has 0 heterocycles. The molecular formula is C46H54N2O7. The molecule has 4 unspecified atom stereocenters. The third kappa shape index (κ3) is 8.74. The number of rotatable bonds is 10. The SMILES string of the molecule is COc1ccc(C(=O)c2cc3ccc2C2CCC(O)(CN(Cc4ccc(OC)cc4OC)C(=O)Nc4ccccc4)C2(C)CCC=C(C)CCC(O)C3)cc1. The number of carbonyl (C=O) groups is 2. The summed E-state index contributed by atoms with van der Waals surface area (Å²) in [5, 5.41) is 27.2. The first-order valence-electron chi connectivity index (χ1n) is 19.2. The van der Waals surface area contributed by atoms with E-state index in [-0.39, 0.29) is 30.8 Å². The fourth-order valence-electron chi connectivity index (χ4n) is 8.52. The van der Waals surface area contributed by atoms with E-state index in [0.29, 0.717) is 72.6 Å². The highest BCUT2D eigenvalue weighted by Crippen LogP contribution is 2.59. The number of ether oxygens (including phenoxy) is 3. The highest BCUT2D eigenvalue weighted by Gasteiger charge is 2.57. The minimum atomic E-state index is -1.33. The van der Waals surface area contributed by atoms with Crippen molar-refractivity contribution in [1.82, 2.24) is 4.90 Å². The van der Waals surface area contributed by atoms with E-state index in [4.69, 9.17) is 14.2 Å². The van der Waals surface area contributed by atoms with Gasteiger partial charge in [0.25, 0.3) is 0 Å². The second-order valence-electron chi connectivity index (χ2n) is 15.3. The maximum Gasteiger partial charge on any atom is 0.322 e. The molecule has 4 aromatic carbocycles. The molecule has 3 aliphatic carbocycles. The molecule has 2 amide bonds. The van der Waals surface area contributed by atoms with Gasteiger partial charge in [-0.05, 0) is 124 Å². The Hall–Kier alpha value is -5.12. The van der Waals surface area contributed by atoms with Crippen LogP contribution in [-0.4, -0.2) is 66.5 Å². The van der Waals surface area contributed by atoms with Crippen LogP contribution < -0.4 is 19.5 Å². The van der Waals surface area contributed by atoms with Crippen LogP contribution in [0.5, 0.6) is 17.2 Å². The summed E-state index contributed by atoms with van der Waals surface area (Å²) in [7, 11) is 4.78. The first kappa shape index (κ1) is 39.6. The first-order chi connectivity index (χ1) is 26.5. The van der Waals surface area contributed by atoms with Crippen molar-refractivity contribution in [1.29, 1.82) is 0 Å². The normalized spacial score (nSPS) is 22.5. The Morgan fingerprint density at radius 1 is 0.873 bits per heavy atom. The molecule has 0 aromatic heterocycles. The van der Waals surface area contributed by atoms with Gasteiger partial charge in [-0.1, -0.05) is 48.9 Å². The van der Waals surface area contributed by atoms with Crippen LogP contribution in [0, 0.1) is 5.41 Å². The molecule has 0 aliphatic heterocycles. The zero-order valence-electron chi connectivity index (χ0n) is 32.6. The average Bonchev–Trinajstić information content (AvgIpc) is 3.45. The van der Waals surface area contributed by atoms with Gasteiger partial charge < -0.3 is 34.6 Å². The van der Waals surface area contributed by atoms with E-state index in [2.05, 4.69) is 25.2 Å². The fourth-order valence-corrected chi connectivity index (χ4v) is 8.52. The molecule has 55 heavy (non-hydrogen) atoms. The number of benzene rings is 4. The van der Waals surface area contributed by atoms with Gasteiger partial charge in [0.2, 0.25) is 0 Å². The van der Waals surface area contributed by atoms with Gasteiger partial charge >= 0.3 is 6.03 Å². The van der Waals surface area contributed by atoms with Crippen LogP contribution in [0.1, 0.15) is 90.9 Å². The van der Waals surface area contributed by atoms with E-state index in [1.165, 1.54) is 5.57 Å². The first-order valence-corrected chi connectivity index (χ1v) is 19.2. The number of methoxy groups -OCH3 is 3. The molecule has 290 valence electrons. The number of fused-ring (bicyclic) bond motifs is 8. The molecule has 9 heteroatoms. The summed E-state index contributed by atoms with van der Waals surface area (Å²) < 4.78 is 16.5. The van der Waals surface area contributed by atoms with Crippen molar-refractivity contribution in [2.75, 3.05) is 33.2 Å². The molecule has 4 atom stereocenters. The minimum Gasteiger partial charge on any atom is -0.497 e. The summed E-state index contributed by atoms with van der Waals surface area (Å²) in [6, 6.07) is 27.6. The largest absolute Gasteiger partial charge is 0.497 e. The van der Waals surface area contributed by atoms with Crippen LogP contribution >= 0.6 is 0 Å². The van der Waals surface area contributed by atoms with Gasteiger partial charge in [0.05, 0.1) is 46.1 Å². The number of hydrogen-bond acceptors (Lipinski definition) is 7. The summed E-state index contributed by atoms with van der Waals surface area (Å²) in [4.78, 5) is 30.4. The average molecular weight is 747 g/mol. The third-order valence-corrected chi connectivity index (χ3v) is 11.9. The molecule has 3 aliphatic rings. The smallest absolute Gasteiger partial charge is 0.322 e. The zero-order chi connectivity index (χ0) is 39.2. The number of anilines is 1. The van der Waals surface area contributed by atoms with E-state index in [0.717, 1.165) is 23.1 Å². The van der Waals surface area contributed by atoms with Crippen LogP contribution in [0.15, 0.2) is 103 Å². The summed E-state index contributed by atoms with van der Waals surface area (Å²) in [5.41, 5.74) is 3.38. The van der Waals surface area contributed by atoms with Crippen molar-refractivity contribution >= 4 is 17.5 Å². The van der Waals surface area contributed by atoms with Crippen molar-refractivity contribution in [3.8, 4) is 17.2 Å².